The van der Waals surface area contributed by atoms with Crippen LogP contribution >= 0.6 is 0 Å². The van der Waals surface area contributed by atoms with Crippen LogP contribution in [0.15, 0.2) is 54.9 Å². The predicted molar refractivity (Wildman–Crippen MR) is 133 cm³/mol. The molecule has 0 spiro atoms. The summed E-state index contributed by atoms with van der Waals surface area (Å²) in [4.78, 5) is 22.5. The van der Waals surface area contributed by atoms with E-state index in [1.807, 2.05) is 36.5 Å². The number of fused-ring (bicyclic) bond motifs is 1. The highest BCUT2D eigenvalue weighted by Gasteiger charge is 2.30. The third kappa shape index (κ3) is 6.33. The van der Waals surface area contributed by atoms with Crippen LogP contribution in [-0.4, -0.2) is 52.7 Å². The first kappa shape index (κ1) is 23.7. The molecule has 0 saturated carbocycles. The maximum absolute atomic E-state index is 11.5. The van der Waals surface area contributed by atoms with E-state index in [2.05, 4.69) is 38.8 Å². The van der Waals surface area contributed by atoms with Gasteiger partial charge >= 0.3 is 5.97 Å². The van der Waals surface area contributed by atoms with Crippen molar-refractivity contribution in [2.45, 2.75) is 32.1 Å². The van der Waals surface area contributed by atoms with Crippen LogP contribution in [0.5, 0.6) is 5.75 Å². The van der Waals surface area contributed by atoms with Crippen molar-refractivity contribution in [2.75, 3.05) is 26.7 Å². The second-order valence-corrected chi connectivity index (χ2v) is 8.90. The van der Waals surface area contributed by atoms with Crippen molar-refractivity contribution in [1.29, 1.82) is 0 Å². The van der Waals surface area contributed by atoms with Gasteiger partial charge in [0.1, 0.15) is 11.4 Å². The fourth-order valence-electron chi connectivity index (χ4n) is 4.90. The molecule has 4 rings (SSSR count). The summed E-state index contributed by atoms with van der Waals surface area (Å²) in [5.41, 5.74) is 3.00. The van der Waals surface area contributed by atoms with Gasteiger partial charge < -0.3 is 9.84 Å². The van der Waals surface area contributed by atoms with Gasteiger partial charge in [0.05, 0.1) is 19.2 Å². The van der Waals surface area contributed by atoms with E-state index in [4.69, 9.17) is 4.74 Å². The predicted octanol–water partition coefficient (Wildman–Crippen LogP) is 4.43. The van der Waals surface area contributed by atoms with Crippen molar-refractivity contribution < 1.29 is 14.6 Å². The Morgan fingerprint density at radius 1 is 1.18 bits per heavy atom. The molecule has 0 radical (unpaired) electrons. The molecule has 1 fully saturated rings. The van der Waals surface area contributed by atoms with Gasteiger partial charge in [-0.3, -0.25) is 14.7 Å². The highest BCUT2D eigenvalue weighted by Crippen LogP contribution is 2.31. The Bertz CT molecular complexity index is 1170. The average Bonchev–Trinajstić information content (AvgIpc) is 2.85. The number of carbonyl (C=O) groups is 1. The third-order valence-electron chi connectivity index (χ3n) is 6.66. The summed E-state index contributed by atoms with van der Waals surface area (Å²) in [6, 6.07) is 13.8. The lowest BCUT2D eigenvalue weighted by atomic mass is 9.80. The maximum Gasteiger partial charge on any atom is 0.303 e. The van der Waals surface area contributed by atoms with E-state index in [0.717, 1.165) is 61.1 Å². The van der Waals surface area contributed by atoms with Crippen LogP contribution < -0.4 is 4.74 Å². The minimum absolute atomic E-state index is 0.150. The lowest BCUT2D eigenvalue weighted by Gasteiger charge is -2.37. The molecule has 1 N–H and O–H groups in total. The van der Waals surface area contributed by atoms with Crippen molar-refractivity contribution in [3.05, 3.63) is 66.1 Å². The molecular weight excluding hydrogens is 426 g/mol. The highest BCUT2D eigenvalue weighted by atomic mass is 16.5. The molecule has 2 atom stereocenters. The van der Waals surface area contributed by atoms with Crippen LogP contribution in [0.3, 0.4) is 0 Å². The number of aliphatic carboxylic acids is 1. The van der Waals surface area contributed by atoms with E-state index in [-0.39, 0.29) is 12.3 Å². The van der Waals surface area contributed by atoms with Crippen LogP contribution in [0.25, 0.3) is 10.9 Å². The molecule has 0 bridgehead atoms. The van der Waals surface area contributed by atoms with Gasteiger partial charge in [0.25, 0.3) is 0 Å². The van der Waals surface area contributed by atoms with Crippen molar-refractivity contribution in [3.63, 3.8) is 0 Å². The first-order chi connectivity index (χ1) is 16.6. The van der Waals surface area contributed by atoms with E-state index in [1.165, 1.54) is 5.56 Å². The quantitative estimate of drug-likeness (QED) is 0.505. The Morgan fingerprint density at radius 3 is 2.88 bits per heavy atom. The minimum atomic E-state index is -0.719. The van der Waals surface area contributed by atoms with Gasteiger partial charge in [-0.1, -0.05) is 12.0 Å². The van der Waals surface area contributed by atoms with Gasteiger partial charge in [-0.05, 0) is 91.9 Å². The normalized spacial score (nSPS) is 18.3. The molecule has 1 aliphatic heterocycles. The summed E-state index contributed by atoms with van der Waals surface area (Å²) < 4.78 is 5.39. The van der Waals surface area contributed by atoms with E-state index in [0.29, 0.717) is 12.5 Å². The molecule has 1 aromatic carbocycles. The number of methoxy groups -OCH3 is 1. The first-order valence-electron chi connectivity index (χ1n) is 11.9. The van der Waals surface area contributed by atoms with Crippen molar-refractivity contribution in [2.24, 2.45) is 11.8 Å². The number of pyridine rings is 2. The van der Waals surface area contributed by atoms with Crippen LogP contribution in [0.4, 0.5) is 0 Å². The summed E-state index contributed by atoms with van der Waals surface area (Å²) in [6.45, 7) is 2.38. The number of nitrogens with zero attached hydrogens (tertiary/aromatic N) is 3. The molecular formula is C28H31N3O3. The number of carboxylic acid groups (broad SMARTS) is 1. The number of benzene rings is 1. The minimum Gasteiger partial charge on any atom is -0.497 e. The zero-order valence-electron chi connectivity index (χ0n) is 19.6. The fourth-order valence-corrected chi connectivity index (χ4v) is 4.90. The van der Waals surface area contributed by atoms with Gasteiger partial charge in [0.2, 0.25) is 0 Å². The molecule has 6 heteroatoms. The summed E-state index contributed by atoms with van der Waals surface area (Å²) >= 11 is 0. The second kappa shape index (κ2) is 11.6. The van der Waals surface area contributed by atoms with Gasteiger partial charge in [0, 0.05) is 30.7 Å². The Hall–Kier alpha value is -3.43. The third-order valence-corrected chi connectivity index (χ3v) is 6.66. The number of ether oxygens (including phenoxy) is 1. The molecule has 3 heterocycles. The standard InChI is InChI=1S/C28H31N3O3/c1-34-25-10-11-27-26(19-25)22(12-15-30-27)7-4-6-21-13-17-31(20-23(21)18-28(32)33)16-5-9-24-8-2-3-14-29-24/h2-3,8,10-12,14-15,19,21,23H,4,6-7,13,16-18,20H2,1H3,(H,32,33)/t21-,23+/m1/s1. The van der Waals surface area contributed by atoms with Gasteiger partial charge in [-0.2, -0.15) is 0 Å². The first-order valence-corrected chi connectivity index (χ1v) is 11.9. The number of carboxylic acids is 1. The number of aryl methyl sites for hydroxylation is 1. The monoisotopic (exact) mass is 457 g/mol. The largest absolute Gasteiger partial charge is 0.497 e. The maximum atomic E-state index is 11.5. The Balaban J connectivity index is 1.35. The van der Waals surface area contributed by atoms with E-state index in [9.17, 15) is 9.90 Å². The number of rotatable bonds is 8. The van der Waals surface area contributed by atoms with Gasteiger partial charge in [-0.25, -0.2) is 4.98 Å². The van der Waals surface area contributed by atoms with Gasteiger partial charge in [0.15, 0.2) is 0 Å². The molecule has 1 aliphatic rings. The number of hydrogen-bond donors (Lipinski definition) is 1. The van der Waals surface area contributed by atoms with Crippen LogP contribution in [0.2, 0.25) is 0 Å². The topological polar surface area (TPSA) is 75.5 Å². The Kier molecular flexibility index (Phi) is 8.11. The Morgan fingerprint density at radius 2 is 2.09 bits per heavy atom. The number of aromatic nitrogens is 2. The number of likely N-dealkylation sites (tertiary alicyclic amines) is 1. The SMILES string of the molecule is COc1ccc2nccc(CCC[C@@H]3CCN(CC#Cc4ccccn4)C[C@@H]3CC(=O)O)c2c1. The lowest BCUT2D eigenvalue weighted by molar-refractivity contribution is -0.139. The summed E-state index contributed by atoms with van der Waals surface area (Å²) in [6.07, 6.45) is 7.82. The summed E-state index contributed by atoms with van der Waals surface area (Å²) in [5.74, 6) is 6.98. The van der Waals surface area contributed by atoms with Crippen molar-refractivity contribution in [1.82, 2.24) is 14.9 Å². The summed E-state index contributed by atoms with van der Waals surface area (Å²) in [7, 11) is 1.68. The van der Waals surface area contributed by atoms with Crippen LogP contribution in [-0.2, 0) is 11.2 Å². The molecule has 2 aromatic heterocycles. The Labute approximate surface area is 201 Å². The number of hydrogen-bond acceptors (Lipinski definition) is 5. The zero-order valence-corrected chi connectivity index (χ0v) is 19.6. The average molecular weight is 458 g/mol. The second-order valence-electron chi connectivity index (χ2n) is 8.90. The molecule has 0 unspecified atom stereocenters. The fraction of sp³-hybridized carbons (Fsp3) is 0.393. The van der Waals surface area contributed by atoms with E-state index >= 15 is 0 Å². The van der Waals surface area contributed by atoms with E-state index in [1.54, 1.807) is 13.3 Å². The summed E-state index contributed by atoms with van der Waals surface area (Å²) in [5, 5.41) is 10.6. The molecule has 0 amide bonds. The van der Waals surface area contributed by atoms with Gasteiger partial charge in [-0.15, -0.1) is 0 Å². The molecule has 176 valence electrons. The molecule has 34 heavy (non-hydrogen) atoms. The highest BCUT2D eigenvalue weighted by molar-refractivity contribution is 5.83. The molecule has 3 aromatic rings. The lowest BCUT2D eigenvalue weighted by Crippen LogP contribution is -2.41. The molecule has 6 nitrogen and oxygen atoms in total. The molecule has 1 saturated heterocycles. The van der Waals surface area contributed by atoms with Crippen molar-refractivity contribution >= 4 is 16.9 Å². The van der Waals surface area contributed by atoms with Crippen LogP contribution in [0.1, 0.15) is 36.9 Å². The van der Waals surface area contributed by atoms with Crippen molar-refractivity contribution in [3.8, 4) is 17.6 Å². The van der Waals surface area contributed by atoms with Crippen LogP contribution in [0, 0.1) is 23.7 Å². The van der Waals surface area contributed by atoms with E-state index < -0.39 is 5.97 Å². The smallest absolute Gasteiger partial charge is 0.303 e. The number of piperidine rings is 1. The molecule has 0 aliphatic carbocycles. The zero-order chi connectivity index (χ0) is 23.8.